The Morgan fingerprint density at radius 1 is 1.35 bits per heavy atom. The Kier molecular flexibility index (Phi) is 5.49. The third-order valence-electron chi connectivity index (χ3n) is 2.58. The molecule has 0 amide bonds. The Bertz CT molecular complexity index is 554. The van der Waals surface area contributed by atoms with Gasteiger partial charge < -0.3 is 10.6 Å². The molecule has 2 heterocycles. The van der Waals surface area contributed by atoms with Crippen LogP contribution in [0, 0.1) is 5.82 Å². The summed E-state index contributed by atoms with van der Waals surface area (Å²) in [7, 11) is 0. The fourth-order valence-electron chi connectivity index (χ4n) is 1.61. The molecule has 0 atom stereocenters. The van der Waals surface area contributed by atoms with Crippen molar-refractivity contribution in [1.29, 1.82) is 0 Å². The van der Waals surface area contributed by atoms with Crippen molar-refractivity contribution >= 4 is 17.3 Å². The van der Waals surface area contributed by atoms with Gasteiger partial charge in [-0.1, -0.05) is 6.07 Å². The molecule has 0 fully saturated rings. The van der Waals surface area contributed by atoms with Gasteiger partial charge in [0.05, 0.1) is 18.8 Å². The van der Waals surface area contributed by atoms with Gasteiger partial charge in [-0.05, 0) is 30.5 Å². The minimum atomic E-state index is -0.328. The molecular weight excluding hydrogens is 275 g/mol. The second kappa shape index (κ2) is 7.59. The van der Waals surface area contributed by atoms with Crippen LogP contribution in [0.5, 0.6) is 0 Å². The van der Waals surface area contributed by atoms with E-state index in [-0.39, 0.29) is 12.4 Å². The average molecular weight is 292 g/mol. The summed E-state index contributed by atoms with van der Waals surface area (Å²) < 4.78 is 13.5. The van der Waals surface area contributed by atoms with Crippen molar-refractivity contribution in [1.82, 2.24) is 15.6 Å². The van der Waals surface area contributed by atoms with E-state index in [1.165, 1.54) is 10.9 Å². The molecule has 2 aromatic heterocycles. The molecule has 0 saturated heterocycles. The number of aromatic nitrogens is 1. The number of pyridine rings is 1. The van der Waals surface area contributed by atoms with E-state index in [4.69, 9.17) is 0 Å². The number of guanidine groups is 1. The molecule has 0 radical (unpaired) electrons. The second-order valence-corrected chi connectivity index (χ2v) is 5.09. The highest BCUT2D eigenvalue weighted by Crippen LogP contribution is 2.07. The van der Waals surface area contributed by atoms with Crippen LogP contribution in [-0.4, -0.2) is 17.5 Å². The first-order chi connectivity index (χ1) is 9.79. The number of halogens is 1. The summed E-state index contributed by atoms with van der Waals surface area (Å²) in [5.41, 5.74) is 0.348. The number of nitrogens with one attached hydrogen (secondary N) is 2. The minimum Gasteiger partial charge on any atom is -0.357 e. The van der Waals surface area contributed by atoms with Gasteiger partial charge in [0.1, 0.15) is 5.82 Å². The molecule has 0 aromatic carbocycles. The van der Waals surface area contributed by atoms with Crippen LogP contribution in [0.25, 0.3) is 0 Å². The van der Waals surface area contributed by atoms with Crippen LogP contribution in [0.1, 0.15) is 17.5 Å². The summed E-state index contributed by atoms with van der Waals surface area (Å²) in [5, 5.41) is 8.37. The predicted molar refractivity (Wildman–Crippen MR) is 80.2 cm³/mol. The first-order valence-electron chi connectivity index (χ1n) is 6.43. The van der Waals surface area contributed by atoms with Crippen molar-refractivity contribution in [3.8, 4) is 0 Å². The van der Waals surface area contributed by atoms with Gasteiger partial charge in [0, 0.05) is 17.6 Å². The molecule has 0 bridgehead atoms. The van der Waals surface area contributed by atoms with Crippen molar-refractivity contribution in [3.63, 3.8) is 0 Å². The lowest BCUT2D eigenvalue weighted by atomic mass is 10.3. The van der Waals surface area contributed by atoms with Gasteiger partial charge in [-0.25, -0.2) is 9.38 Å². The Labute approximate surface area is 121 Å². The number of thiophene rings is 1. The third-order valence-corrected chi connectivity index (χ3v) is 3.45. The van der Waals surface area contributed by atoms with Crippen molar-refractivity contribution < 1.29 is 4.39 Å². The Balaban J connectivity index is 1.96. The van der Waals surface area contributed by atoms with Gasteiger partial charge in [0.25, 0.3) is 0 Å². The van der Waals surface area contributed by atoms with Crippen LogP contribution in [0.15, 0.2) is 40.8 Å². The zero-order chi connectivity index (χ0) is 14.2. The first-order valence-corrected chi connectivity index (χ1v) is 7.31. The summed E-state index contributed by atoms with van der Waals surface area (Å²) in [6.07, 6.45) is 1.57. The van der Waals surface area contributed by atoms with Crippen molar-refractivity contribution in [3.05, 3.63) is 52.2 Å². The van der Waals surface area contributed by atoms with Gasteiger partial charge >= 0.3 is 0 Å². The van der Waals surface area contributed by atoms with Gasteiger partial charge in [0.15, 0.2) is 5.96 Å². The number of aliphatic imine (C=N–C) groups is 1. The highest BCUT2D eigenvalue weighted by molar-refractivity contribution is 7.09. The summed E-state index contributed by atoms with van der Waals surface area (Å²) in [5.74, 6) is 0.330. The molecule has 20 heavy (non-hydrogen) atoms. The zero-order valence-electron chi connectivity index (χ0n) is 11.3. The molecule has 0 saturated carbocycles. The highest BCUT2D eigenvalue weighted by Gasteiger charge is 2.03. The Hall–Kier alpha value is -1.95. The maximum Gasteiger partial charge on any atom is 0.191 e. The van der Waals surface area contributed by atoms with Gasteiger partial charge in [-0.3, -0.25) is 4.98 Å². The van der Waals surface area contributed by atoms with Crippen LogP contribution in [-0.2, 0) is 13.1 Å². The van der Waals surface area contributed by atoms with E-state index in [0.29, 0.717) is 18.2 Å². The van der Waals surface area contributed by atoms with Gasteiger partial charge in [-0.2, -0.15) is 0 Å². The van der Waals surface area contributed by atoms with Crippen molar-refractivity contribution in [2.24, 2.45) is 4.99 Å². The van der Waals surface area contributed by atoms with Crippen LogP contribution < -0.4 is 10.6 Å². The number of hydrogen-bond acceptors (Lipinski definition) is 3. The van der Waals surface area contributed by atoms with Crippen LogP contribution >= 0.6 is 11.3 Å². The minimum absolute atomic E-state index is 0.215. The number of hydrogen-bond donors (Lipinski definition) is 2. The lowest BCUT2D eigenvalue weighted by molar-refractivity contribution is 0.599. The lowest BCUT2D eigenvalue weighted by Gasteiger charge is -2.10. The second-order valence-electron chi connectivity index (χ2n) is 4.06. The molecule has 6 heteroatoms. The molecule has 0 spiro atoms. The van der Waals surface area contributed by atoms with E-state index >= 15 is 0 Å². The molecule has 2 rings (SSSR count). The van der Waals surface area contributed by atoms with Crippen molar-refractivity contribution in [2.45, 2.75) is 20.0 Å². The first kappa shape index (κ1) is 14.5. The summed E-state index contributed by atoms with van der Waals surface area (Å²) >= 11 is 1.68. The van der Waals surface area contributed by atoms with Gasteiger partial charge in [-0.15, -0.1) is 11.3 Å². The average Bonchev–Trinajstić information content (AvgIpc) is 2.97. The zero-order valence-corrected chi connectivity index (χ0v) is 12.1. The molecule has 2 aromatic rings. The van der Waals surface area contributed by atoms with E-state index in [2.05, 4.69) is 26.7 Å². The van der Waals surface area contributed by atoms with E-state index in [1.54, 1.807) is 23.6 Å². The maximum atomic E-state index is 13.5. The largest absolute Gasteiger partial charge is 0.357 e. The lowest BCUT2D eigenvalue weighted by Crippen LogP contribution is -2.36. The standard InChI is InChI=1S/C14H17FN4S/c1-2-16-14(18-9-11-5-4-8-20-11)19-10-13-12(15)6-3-7-17-13/h3-8H,2,9-10H2,1H3,(H2,16,18,19). The number of rotatable bonds is 5. The smallest absolute Gasteiger partial charge is 0.191 e. The van der Waals surface area contributed by atoms with Crippen LogP contribution in [0.3, 0.4) is 0 Å². The topological polar surface area (TPSA) is 49.3 Å². The number of nitrogens with zero attached hydrogens (tertiary/aromatic N) is 2. The van der Waals surface area contributed by atoms with E-state index in [0.717, 1.165) is 6.54 Å². The summed E-state index contributed by atoms with van der Waals surface area (Å²) in [6, 6.07) is 7.03. The quantitative estimate of drug-likeness (QED) is 0.658. The SMILES string of the molecule is CCNC(=NCc1ncccc1F)NCc1cccs1. The molecule has 2 N–H and O–H groups in total. The molecule has 106 valence electrons. The summed E-state index contributed by atoms with van der Waals surface area (Å²) in [6.45, 7) is 3.66. The predicted octanol–water partition coefficient (Wildman–Crippen LogP) is 2.54. The maximum absolute atomic E-state index is 13.5. The monoisotopic (exact) mass is 292 g/mol. The molecule has 0 aliphatic carbocycles. The molecular formula is C14H17FN4S. The summed E-state index contributed by atoms with van der Waals surface area (Å²) in [4.78, 5) is 9.55. The van der Waals surface area contributed by atoms with Crippen LogP contribution in [0.2, 0.25) is 0 Å². The molecule has 0 aliphatic rings. The van der Waals surface area contributed by atoms with Gasteiger partial charge in [0.2, 0.25) is 0 Å². The highest BCUT2D eigenvalue weighted by atomic mass is 32.1. The fourth-order valence-corrected chi connectivity index (χ4v) is 2.26. The molecule has 0 aliphatic heterocycles. The van der Waals surface area contributed by atoms with E-state index in [1.807, 2.05) is 18.4 Å². The molecule has 0 unspecified atom stereocenters. The fraction of sp³-hybridized carbons (Fsp3) is 0.286. The Morgan fingerprint density at radius 3 is 2.95 bits per heavy atom. The van der Waals surface area contributed by atoms with E-state index in [9.17, 15) is 4.39 Å². The Morgan fingerprint density at radius 2 is 2.25 bits per heavy atom. The van der Waals surface area contributed by atoms with E-state index < -0.39 is 0 Å². The normalized spacial score (nSPS) is 11.4. The molecule has 4 nitrogen and oxygen atoms in total. The third kappa shape index (κ3) is 4.31. The van der Waals surface area contributed by atoms with Crippen molar-refractivity contribution in [2.75, 3.05) is 6.54 Å². The van der Waals surface area contributed by atoms with Crippen LogP contribution in [0.4, 0.5) is 4.39 Å².